The van der Waals surface area contributed by atoms with Gasteiger partial charge in [0.2, 0.25) is 0 Å². The fraction of sp³-hybridized carbons (Fsp3) is 0.308. The number of rotatable bonds is 5. The van der Waals surface area contributed by atoms with Crippen LogP contribution in [-0.4, -0.2) is 18.6 Å². The van der Waals surface area contributed by atoms with E-state index in [2.05, 4.69) is 17.2 Å². The first-order valence-electron chi connectivity index (χ1n) is 5.78. The van der Waals surface area contributed by atoms with Gasteiger partial charge in [-0.15, -0.1) is 11.3 Å². The molecular formula is C13H17N3OS. The molecular weight excluding hydrogens is 246 g/mol. The van der Waals surface area contributed by atoms with E-state index < -0.39 is 0 Å². The molecule has 1 aromatic carbocycles. The minimum atomic E-state index is 0.357. The Bertz CT molecular complexity index is 499. The molecule has 1 heterocycles. The van der Waals surface area contributed by atoms with Crippen LogP contribution in [0.2, 0.25) is 0 Å². The molecule has 96 valence electrons. The van der Waals surface area contributed by atoms with Crippen LogP contribution >= 0.6 is 11.3 Å². The number of nitrogen functional groups attached to an aromatic ring is 1. The normalized spacial score (nSPS) is 12.1. The van der Waals surface area contributed by atoms with E-state index in [4.69, 9.17) is 10.5 Å². The van der Waals surface area contributed by atoms with Gasteiger partial charge in [-0.05, 0) is 12.1 Å². The lowest BCUT2D eigenvalue weighted by Crippen LogP contribution is -2.11. The molecule has 5 heteroatoms. The third-order valence-corrected chi connectivity index (χ3v) is 3.76. The zero-order valence-corrected chi connectivity index (χ0v) is 11.3. The van der Waals surface area contributed by atoms with Crippen LogP contribution < -0.4 is 15.8 Å². The van der Waals surface area contributed by atoms with Gasteiger partial charge in [-0.3, -0.25) is 0 Å². The summed E-state index contributed by atoms with van der Waals surface area (Å²) < 4.78 is 5.19. The molecule has 3 N–H and O–H groups in total. The summed E-state index contributed by atoms with van der Waals surface area (Å²) in [5.41, 5.74) is 7.54. The number of hydrogen-bond donors (Lipinski definition) is 2. The van der Waals surface area contributed by atoms with E-state index in [9.17, 15) is 0 Å². The average molecular weight is 263 g/mol. The summed E-state index contributed by atoms with van der Waals surface area (Å²) in [6.07, 6.45) is 1.83. The Labute approximate surface area is 111 Å². The van der Waals surface area contributed by atoms with Crippen LogP contribution in [0.3, 0.4) is 0 Å². The van der Waals surface area contributed by atoms with Crippen LogP contribution in [0.15, 0.2) is 29.8 Å². The van der Waals surface area contributed by atoms with Gasteiger partial charge in [0.25, 0.3) is 0 Å². The van der Waals surface area contributed by atoms with Crippen LogP contribution in [0, 0.1) is 0 Å². The zero-order chi connectivity index (χ0) is 13.0. The Morgan fingerprint density at radius 1 is 1.50 bits per heavy atom. The second-order valence-corrected chi connectivity index (χ2v) is 5.00. The van der Waals surface area contributed by atoms with Crippen molar-refractivity contribution < 1.29 is 4.74 Å². The van der Waals surface area contributed by atoms with Gasteiger partial charge in [0.1, 0.15) is 5.75 Å². The third kappa shape index (κ3) is 2.73. The molecule has 18 heavy (non-hydrogen) atoms. The van der Waals surface area contributed by atoms with E-state index in [-0.39, 0.29) is 0 Å². The number of nitrogens with one attached hydrogen (secondary N) is 1. The number of ether oxygens (including phenoxy) is 1. The summed E-state index contributed by atoms with van der Waals surface area (Å²) >= 11 is 1.67. The highest BCUT2D eigenvalue weighted by atomic mass is 32.1. The smallest absolute Gasteiger partial charge is 0.143 e. The summed E-state index contributed by atoms with van der Waals surface area (Å²) in [4.78, 5) is 4.31. The monoisotopic (exact) mass is 263 g/mol. The van der Waals surface area contributed by atoms with E-state index in [1.807, 2.05) is 29.8 Å². The van der Waals surface area contributed by atoms with Gasteiger partial charge in [-0.2, -0.15) is 0 Å². The highest BCUT2D eigenvalue weighted by Gasteiger charge is 2.10. The lowest BCUT2D eigenvalue weighted by atomic mass is 10.2. The van der Waals surface area contributed by atoms with Crippen molar-refractivity contribution in [3.8, 4) is 5.75 Å². The number of aromatic nitrogens is 1. The predicted octanol–water partition coefficient (Wildman–Crippen LogP) is 2.95. The minimum absolute atomic E-state index is 0.357. The van der Waals surface area contributed by atoms with Crippen LogP contribution in [0.1, 0.15) is 17.8 Å². The summed E-state index contributed by atoms with van der Waals surface area (Å²) in [5.74, 6) is 1.05. The van der Waals surface area contributed by atoms with E-state index in [0.717, 1.165) is 17.2 Å². The minimum Gasteiger partial charge on any atom is -0.495 e. The fourth-order valence-corrected chi connectivity index (χ4v) is 2.40. The molecule has 1 unspecified atom stereocenters. The molecule has 0 fully saturated rings. The van der Waals surface area contributed by atoms with Crippen molar-refractivity contribution >= 4 is 22.7 Å². The van der Waals surface area contributed by atoms with Gasteiger partial charge < -0.3 is 15.8 Å². The van der Waals surface area contributed by atoms with Crippen molar-refractivity contribution in [2.24, 2.45) is 0 Å². The Hall–Kier alpha value is -1.75. The lowest BCUT2D eigenvalue weighted by Gasteiger charge is -2.14. The van der Waals surface area contributed by atoms with E-state index in [1.165, 1.54) is 0 Å². The standard InChI is InChI=1S/C13H17N3OS/c1-9(13-15-6-7-18-13)8-16-10-4-3-5-11(17-2)12(10)14/h3-7,9,16H,8,14H2,1-2H3. The molecule has 1 atom stereocenters. The van der Waals surface area contributed by atoms with Crippen LogP contribution in [0.4, 0.5) is 11.4 Å². The Morgan fingerprint density at radius 2 is 2.33 bits per heavy atom. The topological polar surface area (TPSA) is 60.2 Å². The van der Waals surface area contributed by atoms with Gasteiger partial charge in [0.05, 0.1) is 23.5 Å². The SMILES string of the molecule is COc1cccc(NCC(C)c2nccs2)c1N. The fourth-order valence-electron chi connectivity index (χ4n) is 1.70. The summed E-state index contributed by atoms with van der Waals surface area (Å²) in [6, 6.07) is 5.72. The van der Waals surface area contributed by atoms with Crippen molar-refractivity contribution in [1.29, 1.82) is 0 Å². The zero-order valence-electron chi connectivity index (χ0n) is 10.5. The van der Waals surface area contributed by atoms with Crippen molar-refractivity contribution in [3.05, 3.63) is 34.8 Å². The first kappa shape index (κ1) is 12.7. The molecule has 1 aromatic heterocycles. The Morgan fingerprint density at radius 3 is 3.00 bits per heavy atom. The number of benzene rings is 1. The maximum Gasteiger partial charge on any atom is 0.143 e. The van der Waals surface area contributed by atoms with Gasteiger partial charge in [-0.1, -0.05) is 13.0 Å². The number of hydrogen-bond acceptors (Lipinski definition) is 5. The number of nitrogens with zero attached hydrogens (tertiary/aromatic N) is 1. The first-order chi connectivity index (χ1) is 8.72. The largest absolute Gasteiger partial charge is 0.495 e. The Balaban J connectivity index is 2.02. The number of anilines is 2. The van der Waals surface area contributed by atoms with Gasteiger partial charge in [-0.25, -0.2) is 4.98 Å². The second-order valence-electron chi connectivity index (χ2n) is 4.07. The summed E-state index contributed by atoms with van der Waals surface area (Å²) in [7, 11) is 1.62. The van der Waals surface area contributed by atoms with Crippen molar-refractivity contribution in [3.63, 3.8) is 0 Å². The number of para-hydroxylation sites is 1. The quantitative estimate of drug-likeness (QED) is 0.814. The van der Waals surface area contributed by atoms with E-state index in [0.29, 0.717) is 17.4 Å². The van der Waals surface area contributed by atoms with Gasteiger partial charge in [0, 0.05) is 24.0 Å². The molecule has 0 aliphatic carbocycles. The van der Waals surface area contributed by atoms with Crippen LogP contribution in [-0.2, 0) is 0 Å². The maximum absolute atomic E-state index is 6.00. The number of methoxy groups -OCH3 is 1. The predicted molar refractivity (Wildman–Crippen MR) is 76.4 cm³/mol. The first-order valence-corrected chi connectivity index (χ1v) is 6.66. The molecule has 0 aliphatic heterocycles. The Kier molecular flexibility index (Phi) is 4.04. The second kappa shape index (κ2) is 5.73. The van der Waals surface area contributed by atoms with Crippen LogP contribution in [0.5, 0.6) is 5.75 Å². The third-order valence-electron chi connectivity index (χ3n) is 2.76. The summed E-state index contributed by atoms with van der Waals surface area (Å²) in [5, 5.41) is 6.46. The van der Waals surface area contributed by atoms with E-state index >= 15 is 0 Å². The molecule has 0 spiro atoms. The molecule has 0 radical (unpaired) electrons. The molecule has 0 amide bonds. The average Bonchev–Trinajstić information content (AvgIpc) is 2.91. The number of thiazole rings is 1. The molecule has 2 aromatic rings. The molecule has 0 saturated heterocycles. The highest BCUT2D eigenvalue weighted by Crippen LogP contribution is 2.29. The molecule has 0 bridgehead atoms. The molecule has 0 saturated carbocycles. The molecule has 2 rings (SSSR count). The molecule has 0 aliphatic rings. The summed E-state index contributed by atoms with van der Waals surface area (Å²) in [6.45, 7) is 2.94. The molecule has 4 nitrogen and oxygen atoms in total. The van der Waals surface area contributed by atoms with Crippen molar-refractivity contribution in [2.45, 2.75) is 12.8 Å². The lowest BCUT2D eigenvalue weighted by molar-refractivity contribution is 0.417. The van der Waals surface area contributed by atoms with E-state index in [1.54, 1.807) is 18.4 Å². The van der Waals surface area contributed by atoms with Gasteiger partial charge in [0.15, 0.2) is 0 Å². The van der Waals surface area contributed by atoms with Crippen molar-refractivity contribution in [1.82, 2.24) is 4.98 Å². The van der Waals surface area contributed by atoms with Crippen LogP contribution in [0.25, 0.3) is 0 Å². The maximum atomic E-state index is 6.00. The highest BCUT2D eigenvalue weighted by molar-refractivity contribution is 7.09. The number of nitrogens with two attached hydrogens (primary N) is 1. The van der Waals surface area contributed by atoms with Gasteiger partial charge >= 0.3 is 0 Å². The van der Waals surface area contributed by atoms with Crippen molar-refractivity contribution in [2.75, 3.05) is 24.7 Å².